The van der Waals surface area contributed by atoms with Crippen molar-refractivity contribution in [2.45, 2.75) is 59.3 Å². The Bertz CT molecular complexity index is 1040. The highest BCUT2D eigenvalue weighted by atomic mass is 16.2. The Labute approximate surface area is 183 Å². The van der Waals surface area contributed by atoms with E-state index in [1.54, 1.807) is 4.90 Å². The Morgan fingerprint density at radius 3 is 2.45 bits per heavy atom. The number of carbonyl (C=O) groups is 2. The fraction of sp³-hybridized carbons (Fsp3) is 0.500. The molecule has 2 aliphatic rings. The first-order chi connectivity index (χ1) is 14.7. The highest BCUT2D eigenvalue weighted by Gasteiger charge is 2.33. The number of nitrogens with one attached hydrogen (secondary N) is 1. The van der Waals surface area contributed by atoms with Crippen LogP contribution < -0.4 is 5.56 Å². The number of aryl methyl sites for hydroxylation is 2. The smallest absolute Gasteiger partial charge is 0.261 e. The number of rotatable bonds is 4. The van der Waals surface area contributed by atoms with Crippen molar-refractivity contribution in [1.82, 2.24) is 9.88 Å². The molecular formula is C26H32N2O3. The van der Waals surface area contributed by atoms with Crippen molar-refractivity contribution in [3.05, 3.63) is 68.6 Å². The van der Waals surface area contributed by atoms with E-state index in [4.69, 9.17) is 0 Å². The summed E-state index contributed by atoms with van der Waals surface area (Å²) in [5.41, 5.74) is 3.36. The summed E-state index contributed by atoms with van der Waals surface area (Å²) >= 11 is 0. The van der Waals surface area contributed by atoms with E-state index >= 15 is 0 Å². The minimum Gasteiger partial charge on any atom is -0.338 e. The molecule has 0 bridgehead atoms. The maximum Gasteiger partial charge on any atom is 0.261 e. The first kappa shape index (κ1) is 21.5. The largest absolute Gasteiger partial charge is 0.338 e. The first-order valence-electron chi connectivity index (χ1n) is 11.4. The molecule has 0 unspecified atom stereocenters. The SMILES string of the molecule is Cc1ccc(CCC2CCN(C(=O)c3cc4c([nH]c3=O)CC(C)(C)CC4=O)CC2)cc1. The standard InChI is InChI=1S/C26H32N2O3/c1-17-4-6-18(7-5-17)8-9-19-10-12-28(13-11-19)25(31)21-14-20-22(27-24(21)30)15-26(2,3)16-23(20)29/h4-7,14,19H,8-13,15-16H2,1-3H3,(H,27,30). The number of benzene rings is 1. The maximum absolute atomic E-state index is 13.1. The Balaban J connectivity index is 1.39. The van der Waals surface area contributed by atoms with Crippen LogP contribution in [0.1, 0.15) is 77.1 Å². The average molecular weight is 421 g/mol. The van der Waals surface area contributed by atoms with Gasteiger partial charge in [0.05, 0.1) is 0 Å². The molecular weight excluding hydrogens is 388 g/mol. The van der Waals surface area contributed by atoms with E-state index in [9.17, 15) is 14.4 Å². The molecule has 5 heteroatoms. The molecule has 1 aromatic carbocycles. The quantitative estimate of drug-likeness (QED) is 0.801. The minimum absolute atomic E-state index is 0.00589. The van der Waals surface area contributed by atoms with Crippen molar-refractivity contribution >= 4 is 11.7 Å². The summed E-state index contributed by atoms with van der Waals surface area (Å²) in [6.07, 6.45) is 5.16. The summed E-state index contributed by atoms with van der Waals surface area (Å²) in [6, 6.07) is 10.2. The lowest BCUT2D eigenvalue weighted by Crippen LogP contribution is -2.41. The summed E-state index contributed by atoms with van der Waals surface area (Å²) < 4.78 is 0. The second-order valence-corrected chi connectivity index (χ2v) is 10.1. The molecule has 1 aliphatic carbocycles. The van der Waals surface area contributed by atoms with E-state index in [0.29, 0.717) is 43.1 Å². The van der Waals surface area contributed by atoms with Crippen LogP contribution in [0.4, 0.5) is 0 Å². The molecule has 31 heavy (non-hydrogen) atoms. The third-order valence-electron chi connectivity index (χ3n) is 6.81. The highest BCUT2D eigenvalue weighted by Crippen LogP contribution is 2.33. The normalized spacial score (nSPS) is 18.7. The summed E-state index contributed by atoms with van der Waals surface area (Å²) in [4.78, 5) is 42.9. The van der Waals surface area contributed by atoms with Crippen LogP contribution in [0.25, 0.3) is 0 Å². The fourth-order valence-corrected chi connectivity index (χ4v) is 4.91. The number of piperidine rings is 1. The van der Waals surface area contributed by atoms with Crippen molar-refractivity contribution in [1.29, 1.82) is 0 Å². The van der Waals surface area contributed by atoms with Gasteiger partial charge in [-0.15, -0.1) is 0 Å². The van der Waals surface area contributed by atoms with Gasteiger partial charge in [0, 0.05) is 30.8 Å². The lowest BCUT2D eigenvalue weighted by atomic mass is 9.75. The summed E-state index contributed by atoms with van der Waals surface area (Å²) in [5, 5.41) is 0. The van der Waals surface area contributed by atoms with Crippen LogP contribution in [0.15, 0.2) is 35.1 Å². The second kappa shape index (κ2) is 8.45. The number of pyridine rings is 1. The third kappa shape index (κ3) is 4.81. The number of H-pyrrole nitrogens is 1. The zero-order valence-electron chi connectivity index (χ0n) is 18.8. The molecule has 1 N–H and O–H groups in total. The van der Waals surface area contributed by atoms with Crippen molar-refractivity contribution in [2.24, 2.45) is 11.3 Å². The van der Waals surface area contributed by atoms with Crippen LogP contribution in [0.3, 0.4) is 0 Å². The van der Waals surface area contributed by atoms with Crippen LogP contribution in [0, 0.1) is 18.3 Å². The number of carbonyl (C=O) groups excluding carboxylic acids is 2. The van der Waals surface area contributed by atoms with Crippen LogP contribution >= 0.6 is 0 Å². The van der Waals surface area contributed by atoms with Crippen LogP contribution in [-0.2, 0) is 12.8 Å². The van der Waals surface area contributed by atoms with Gasteiger partial charge in [0.25, 0.3) is 11.5 Å². The van der Waals surface area contributed by atoms with Gasteiger partial charge in [-0.3, -0.25) is 14.4 Å². The number of fused-ring (bicyclic) bond motifs is 1. The fourth-order valence-electron chi connectivity index (χ4n) is 4.91. The van der Waals surface area contributed by atoms with Gasteiger partial charge in [-0.25, -0.2) is 0 Å². The van der Waals surface area contributed by atoms with Crippen LogP contribution in [0.5, 0.6) is 0 Å². The van der Waals surface area contributed by atoms with Crippen LogP contribution in [-0.4, -0.2) is 34.7 Å². The van der Waals surface area contributed by atoms with Gasteiger partial charge in [-0.05, 0) is 62.0 Å². The van der Waals surface area contributed by atoms with Crippen molar-refractivity contribution in [3.8, 4) is 0 Å². The lowest BCUT2D eigenvalue weighted by molar-refractivity contribution is 0.0685. The number of aromatic nitrogens is 1. The van der Waals surface area contributed by atoms with E-state index < -0.39 is 0 Å². The number of hydrogen-bond acceptors (Lipinski definition) is 3. The molecule has 1 fully saturated rings. The van der Waals surface area contributed by atoms with Gasteiger partial charge in [0.15, 0.2) is 5.78 Å². The molecule has 0 saturated carbocycles. The lowest BCUT2D eigenvalue weighted by Gasteiger charge is -2.33. The van der Waals surface area contributed by atoms with Crippen molar-refractivity contribution in [2.75, 3.05) is 13.1 Å². The first-order valence-corrected chi connectivity index (χ1v) is 11.4. The van der Waals surface area contributed by atoms with Gasteiger partial charge in [0.2, 0.25) is 0 Å². The molecule has 1 saturated heterocycles. The molecule has 0 atom stereocenters. The average Bonchev–Trinajstić information content (AvgIpc) is 2.72. The number of likely N-dealkylation sites (tertiary alicyclic amines) is 1. The molecule has 1 amide bonds. The van der Waals surface area contributed by atoms with E-state index in [2.05, 4.69) is 36.2 Å². The Morgan fingerprint density at radius 2 is 1.77 bits per heavy atom. The van der Waals surface area contributed by atoms with E-state index in [1.165, 1.54) is 17.2 Å². The highest BCUT2D eigenvalue weighted by molar-refractivity contribution is 6.02. The van der Waals surface area contributed by atoms with E-state index in [-0.39, 0.29) is 28.2 Å². The van der Waals surface area contributed by atoms with E-state index in [1.807, 2.05) is 13.8 Å². The molecule has 1 aromatic heterocycles. The minimum atomic E-state index is -0.379. The third-order valence-corrected chi connectivity index (χ3v) is 6.81. The van der Waals surface area contributed by atoms with Crippen molar-refractivity contribution < 1.29 is 9.59 Å². The Morgan fingerprint density at radius 1 is 1.10 bits per heavy atom. The van der Waals surface area contributed by atoms with Gasteiger partial charge >= 0.3 is 0 Å². The maximum atomic E-state index is 13.1. The van der Waals surface area contributed by atoms with Gasteiger partial charge in [-0.1, -0.05) is 43.7 Å². The Kier molecular flexibility index (Phi) is 5.87. The van der Waals surface area contributed by atoms with E-state index in [0.717, 1.165) is 25.7 Å². The molecule has 1 aliphatic heterocycles. The van der Waals surface area contributed by atoms with Crippen molar-refractivity contribution in [3.63, 3.8) is 0 Å². The number of hydrogen-bond donors (Lipinski definition) is 1. The molecule has 4 rings (SSSR count). The number of amides is 1. The number of aromatic amines is 1. The topological polar surface area (TPSA) is 70.2 Å². The number of nitrogens with zero attached hydrogens (tertiary/aromatic N) is 1. The molecule has 164 valence electrons. The monoisotopic (exact) mass is 420 g/mol. The molecule has 0 spiro atoms. The predicted molar refractivity (Wildman–Crippen MR) is 122 cm³/mol. The number of Topliss-reactive ketones (excluding diaryl/α,β-unsaturated/α-hetero) is 1. The Hall–Kier alpha value is -2.69. The summed E-state index contributed by atoms with van der Waals surface area (Å²) in [5.74, 6) is 0.348. The predicted octanol–water partition coefficient (Wildman–Crippen LogP) is 4.32. The molecule has 2 heterocycles. The molecule has 0 radical (unpaired) electrons. The van der Waals surface area contributed by atoms with Gasteiger partial charge in [0.1, 0.15) is 5.56 Å². The number of ketones is 1. The van der Waals surface area contributed by atoms with Crippen LogP contribution in [0.2, 0.25) is 0 Å². The zero-order chi connectivity index (χ0) is 22.2. The zero-order valence-corrected chi connectivity index (χ0v) is 18.8. The molecule has 5 nitrogen and oxygen atoms in total. The summed E-state index contributed by atoms with van der Waals surface area (Å²) in [6.45, 7) is 7.47. The second-order valence-electron chi connectivity index (χ2n) is 10.1. The van der Waals surface area contributed by atoms with Gasteiger partial charge < -0.3 is 9.88 Å². The molecule has 2 aromatic rings. The summed E-state index contributed by atoms with van der Waals surface area (Å²) in [7, 11) is 0. The van der Waals surface area contributed by atoms with Gasteiger partial charge in [-0.2, -0.15) is 0 Å².